The number of likely N-dealkylation sites (N-methyl/N-ethyl adjacent to an activating group) is 1. The Bertz CT molecular complexity index is 1090. The summed E-state index contributed by atoms with van der Waals surface area (Å²) in [4.78, 5) is 27.1. The van der Waals surface area contributed by atoms with Gasteiger partial charge in [0.05, 0.1) is 11.3 Å². The smallest absolute Gasteiger partial charge is 0.336 e. The third kappa shape index (κ3) is 3.61. The van der Waals surface area contributed by atoms with Crippen LogP contribution >= 0.6 is 0 Å². The van der Waals surface area contributed by atoms with E-state index in [9.17, 15) is 27.2 Å². The standard InChI is InChI=1S/C27H32F4N2O2/c1-25-13-12-17-15(8-11-22-26(17,2)14-20(28)24(35)33(22)3)16(25)9-10-19(25)23(34)32-21-7-5-4-6-18(21)27(29,30)31/h4-7,14-17,19,22H,8-13H2,1-3H3,(H,32,34)/t15?,16-,17?,19?,22+,25-,26+/m0/s1. The van der Waals surface area contributed by atoms with Crippen LogP contribution in [-0.4, -0.2) is 29.8 Å². The van der Waals surface area contributed by atoms with E-state index < -0.39 is 28.9 Å². The fourth-order valence-corrected chi connectivity index (χ4v) is 8.32. The molecule has 35 heavy (non-hydrogen) atoms. The van der Waals surface area contributed by atoms with Crippen molar-refractivity contribution >= 4 is 17.5 Å². The molecule has 0 saturated heterocycles. The number of hydrogen-bond acceptors (Lipinski definition) is 2. The summed E-state index contributed by atoms with van der Waals surface area (Å²) < 4.78 is 54.9. The van der Waals surface area contributed by atoms with Crippen molar-refractivity contribution in [2.75, 3.05) is 12.4 Å². The fourth-order valence-electron chi connectivity index (χ4n) is 8.32. The van der Waals surface area contributed by atoms with Crippen molar-refractivity contribution < 1.29 is 27.2 Å². The quantitative estimate of drug-likeness (QED) is 0.500. The van der Waals surface area contributed by atoms with Crippen LogP contribution in [0.25, 0.3) is 0 Å². The summed E-state index contributed by atoms with van der Waals surface area (Å²) in [5, 5.41) is 2.60. The largest absolute Gasteiger partial charge is 0.418 e. The van der Waals surface area contributed by atoms with Gasteiger partial charge in [-0.15, -0.1) is 0 Å². The van der Waals surface area contributed by atoms with Gasteiger partial charge in [-0.25, -0.2) is 4.39 Å². The van der Waals surface area contributed by atoms with Gasteiger partial charge >= 0.3 is 6.18 Å². The number of fused-ring (bicyclic) bond motifs is 5. The number of anilines is 1. The summed E-state index contributed by atoms with van der Waals surface area (Å²) in [5.74, 6) is -1.22. The average Bonchev–Trinajstić information content (AvgIpc) is 3.14. The molecule has 0 spiro atoms. The first kappa shape index (κ1) is 24.3. The van der Waals surface area contributed by atoms with E-state index >= 15 is 0 Å². The number of para-hydroxylation sites is 1. The summed E-state index contributed by atoms with van der Waals surface area (Å²) >= 11 is 0. The van der Waals surface area contributed by atoms with Crippen LogP contribution in [0.4, 0.5) is 23.2 Å². The highest BCUT2D eigenvalue weighted by atomic mass is 19.4. The number of alkyl halides is 3. The number of halogens is 4. The Hall–Kier alpha value is -2.38. The number of nitrogens with one attached hydrogen (secondary N) is 1. The monoisotopic (exact) mass is 492 g/mol. The van der Waals surface area contributed by atoms with Crippen molar-refractivity contribution in [3.05, 3.63) is 41.7 Å². The van der Waals surface area contributed by atoms with Gasteiger partial charge in [0, 0.05) is 24.4 Å². The summed E-state index contributed by atoms with van der Waals surface area (Å²) in [6.45, 7) is 4.18. The lowest BCUT2D eigenvalue weighted by Crippen LogP contribution is -2.60. The Kier molecular flexibility index (Phi) is 5.61. The molecule has 4 nitrogen and oxygen atoms in total. The maximum atomic E-state index is 14.6. The van der Waals surface area contributed by atoms with Crippen molar-refractivity contribution in [1.29, 1.82) is 0 Å². The normalized spacial score (nSPS) is 38.8. The summed E-state index contributed by atoms with van der Waals surface area (Å²) in [6, 6.07) is 5.05. The van der Waals surface area contributed by atoms with Gasteiger partial charge in [-0.3, -0.25) is 9.59 Å². The fraction of sp³-hybridized carbons (Fsp3) is 0.630. The van der Waals surface area contributed by atoms with Gasteiger partial charge in [0.15, 0.2) is 5.83 Å². The zero-order chi connectivity index (χ0) is 25.3. The number of hydrogen-bond donors (Lipinski definition) is 1. The second-order valence-corrected chi connectivity index (χ2v) is 11.5. The van der Waals surface area contributed by atoms with Crippen LogP contribution < -0.4 is 5.32 Å². The number of benzene rings is 1. The van der Waals surface area contributed by atoms with Crippen molar-refractivity contribution in [2.24, 2.45) is 34.5 Å². The third-order valence-electron chi connectivity index (χ3n) is 9.96. The molecule has 3 aliphatic carbocycles. The molecule has 1 heterocycles. The van der Waals surface area contributed by atoms with Crippen LogP contribution in [0.3, 0.4) is 0 Å². The number of nitrogens with zero attached hydrogens (tertiary/aromatic N) is 1. The van der Waals surface area contributed by atoms with Gasteiger partial charge in [0.2, 0.25) is 5.91 Å². The maximum Gasteiger partial charge on any atom is 0.418 e. The number of carbonyl (C=O) groups is 2. The average molecular weight is 493 g/mol. The van der Waals surface area contributed by atoms with Crippen LogP contribution in [0.5, 0.6) is 0 Å². The Morgan fingerprint density at radius 2 is 1.77 bits per heavy atom. The Labute approximate surface area is 203 Å². The first-order chi connectivity index (χ1) is 16.4. The van der Waals surface area contributed by atoms with Gasteiger partial charge in [-0.05, 0) is 79.9 Å². The molecule has 1 aromatic carbocycles. The Morgan fingerprint density at radius 3 is 2.49 bits per heavy atom. The van der Waals surface area contributed by atoms with E-state index in [1.165, 1.54) is 18.2 Å². The van der Waals surface area contributed by atoms with Crippen LogP contribution in [-0.2, 0) is 15.8 Å². The second-order valence-electron chi connectivity index (χ2n) is 11.5. The molecule has 3 saturated carbocycles. The van der Waals surface area contributed by atoms with E-state index in [-0.39, 0.29) is 40.8 Å². The highest BCUT2D eigenvalue weighted by molar-refractivity contribution is 5.94. The Balaban J connectivity index is 1.39. The van der Waals surface area contributed by atoms with Gasteiger partial charge < -0.3 is 10.2 Å². The topological polar surface area (TPSA) is 49.4 Å². The first-order valence-electron chi connectivity index (χ1n) is 12.5. The summed E-state index contributed by atoms with van der Waals surface area (Å²) in [7, 11) is 1.68. The number of rotatable bonds is 2. The summed E-state index contributed by atoms with van der Waals surface area (Å²) in [5.41, 5.74) is -1.81. The number of carbonyl (C=O) groups excluding carboxylic acids is 2. The van der Waals surface area contributed by atoms with Gasteiger partial charge in [0.1, 0.15) is 0 Å². The van der Waals surface area contributed by atoms with Crippen LogP contribution in [0, 0.1) is 34.5 Å². The third-order valence-corrected chi connectivity index (χ3v) is 9.96. The second kappa shape index (κ2) is 8.07. The molecule has 0 bridgehead atoms. The van der Waals surface area contributed by atoms with E-state index in [1.54, 1.807) is 18.0 Å². The molecule has 1 N–H and O–H groups in total. The predicted octanol–water partition coefficient (Wildman–Crippen LogP) is 6.20. The first-order valence-corrected chi connectivity index (χ1v) is 12.5. The van der Waals surface area contributed by atoms with E-state index in [0.717, 1.165) is 38.2 Å². The molecular formula is C27H32F4N2O2. The van der Waals surface area contributed by atoms with Gasteiger partial charge in [0.25, 0.3) is 5.91 Å². The highest BCUT2D eigenvalue weighted by Crippen LogP contribution is 2.65. The van der Waals surface area contributed by atoms with Crippen molar-refractivity contribution in [3.8, 4) is 0 Å². The van der Waals surface area contributed by atoms with E-state index in [4.69, 9.17) is 0 Å². The molecule has 190 valence electrons. The van der Waals surface area contributed by atoms with Gasteiger partial charge in [-0.2, -0.15) is 13.2 Å². The zero-order valence-electron chi connectivity index (χ0n) is 20.3. The summed E-state index contributed by atoms with van der Waals surface area (Å²) in [6.07, 6.45) is 1.72. The molecule has 1 aliphatic heterocycles. The molecule has 4 aliphatic rings. The lowest BCUT2D eigenvalue weighted by atomic mass is 9.47. The van der Waals surface area contributed by atoms with E-state index in [1.807, 2.05) is 0 Å². The molecule has 5 rings (SSSR count). The van der Waals surface area contributed by atoms with Crippen LogP contribution in [0.2, 0.25) is 0 Å². The zero-order valence-corrected chi connectivity index (χ0v) is 20.3. The highest BCUT2D eigenvalue weighted by Gasteiger charge is 2.62. The minimum absolute atomic E-state index is 0.0422. The molecular weight excluding hydrogens is 460 g/mol. The molecule has 0 radical (unpaired) electrons. The Morgan fingerprint density at radius 1 is 1.06 bits per heavy atom. The predicted molar refractivity (Wildman–Crippen MR) is 124 cm³/mol. The van der Waals surface area contributed by atoms with Crippen molar-refractivity contribution in [2.45, 2.75) is 64.6 Å². The minimum atomic E-state index is -4.55. The minimum Gasteiger partial charge on any atom is -0.336 e. The molecule has 3 fully saturated rings. The van der Waals surface area contributed by atoms with E-state index in [2.05, 4.69) is 19.2 Å². The van der Waals surface area contributed by atoms with Crippen LogP contribution in [0.15, 0.2) is 36.2 Å². The van der Waals surface area contributed by atoms with Gasteiger partial charge in [-0.1, -0.05) is 26.0 Å². The molecule has 1 aromatic rings. The maximum absolute atomic E-state index is 14.6. The SMILES string of the molecule is CN1C(=O)C(F)=C[C@]2(C)C3CC[C@]4(C)C(C(=O)Nc5ccccc5C(F)(F)F)CC[C@H]4C3CC[C@@H]12. The van der Waals surface area contributed by atoms with E-state index in [0.29, 0.717) is 12.3 Å². The molecule has 3 unspecified atom stereocenters. The molecule has 2 amide bonds. The molecule has 7 atom stereocenters. The van der Waals surface area contributed by atoms with Crippen LogP contribution in [0.1, 0.15) is 57.9 Å². The number of amides is 2. The van der Waals surface area contributed by atoms with Crippen molar-refractivity contribution in [1.82, 2.24) is 4.90 Å². The molecule has 0 aromatic heterocycles. The lowest BCUT2D eigenvalue weighted by molar-refractivity contribution is -0.144. The lowest BCUT2D eigenvalue weighted by Gasteiger charge is -2.60. The molecule has 8 heteroatoms. The van der Waals surface area contributed by atoms with Crippen molar-refractivity contribution in [3.63, 3.8) is 0 Å².